The van der Waals surface area contributed by atoms with Crippen LogP contribution in [0.5, 0.6) is 5.75 Å². The van der Waals surface area contributed by atoms with E-state index in [0.29, 0.717) is 25.7 Å². The molecule has 2 N–H and O–H groups in total. The van der Waals surface area contributed by atoms with Crippen molar-refractivity contribution in [1.82, 2.24) is 5.32 Å². The number of halogens is 2. The van der Waals surface area contributed by atoms with E-state index in [1.165, 1.54) is 12.1 Å². The third kappa shape index (κ3) is 9.05. The Balaban J connectivity index is 0.00000364. The molecule has 0 spiro atoms. The molecule has 0 saturated heterocycles. The fraction of sp³-hybridized carbons (Fsp3) is 0.350. The van der Waals surface area contributed by atoms with Crippen LogP contribution in [0.4, 0.5) is 10.1 Å². The van der Waals surface area contributed by atoms with E-state index in [9.17, 15) is 4.39 Å². The van der Waals surface area contributed by atoms with Crippen molar-refractivity contribution in [2.24, 2.45) is 4.99 Å². The van der Waals surface area contributed by atoms with Gasteiger partial charge in [0.25, 0.3) is 0 Å². The third-order valence-electron chi connectivity index (χ3n) is 3.54. The Labute approximate surface area is 177 Å². The molecule has 0 unspecified atom stereocenters. The van der Waals surface area contributed by atoms with Crippen molar-refractivity contribution in [3.05, 3.63) is 59.9 Å². The zero-order valence-corrected chi connectivity index (χ0v) is 18.0. The summed E-state index contributed by atoms with van der Waals surface area (Å²) in [5.74, 6) is 1.21. The molecule has 0 fully saturated rings. The maximum absolute atomic E-state index is 13.0. The molecule has 2 aromatic carbocycles. The number of hydrogen-bond donors (Lipinski definition) is 2. The molecule has 2 aromatic rings. The number of aliphatic imine (C=N–C) groups is 1. The van der Waals surface area contributed by atoms with Crippen LogP contribution in [0, 0.1) is 5.82 Å². The Morgan fingerprint density at radius 1 is 1.11 bits per heavy atom. The van der Waals surface area contributed by atoms with Gasteiger partial charge in [0.05, 0.1) is 13.2 Å². The van der Waals surface area contributed by atoms with E-state index in [2.05, 4.69) is 15.6 Å². The average molecular weight is 487 g/mol. The van der Waals surface area contributed by atoms with Gasteiger partial charge in [0.2, 0.25) is 0 Å². The number of rotatable bonds is 9. The maximum Gasteiger partial charge on any atom is 0.196 e. The predicted molar refractivity (Wildman–Crippen MR) is 119 cm³/mol. The van der Waals surface area contributed by atoms with Gasteiger partial charge < -0.3 is 20.1 Å². The van der Waals surface area contributed by atoms with Crippen molar-refractivity contribution in [3.63, 3.8) is 0 Å². The summed E-state index contributed by atoms with van der Waals surface area (Å²) in [6.45, 7) is 4.49. The summed E-state index contributed by atoms with van der Waals surface area (Å²) in [4.78, 5) is 4.54. The zero-order chi connectivity index (χ0) is 18.6. The topological polar surface area (TPSA) is 54.9 Å². The van der Waals surface area contributed by atoms with Gasteiger partial charge >= 0.3 is 0 Å². The minimum atomic E-state index is -0.245. The van der Waals surface area contributed by atoms with E-state index in [1.807, 2.05) is 31.2 Å². The lowest BCUT2D eigenvalue weighted by Crippen LogP contribution is -2.30. The first-order valence-corrected chi connectivity index (χ1v) is 8.73. The highest BCUT2D eigenvalue weighted by Crippen LogP contribution is 2.17. The number of nitrogens with zero attached hydrogens (tertiary/aromatic N) is 1. The lowest BCUT2D eigenvalue weighted by atomic mass is 10.2. The lowest BCUT2D eigenvalue weighted by molar-refractivity contribution is 0.172. The van der Waals surface area contributed by atoms with Gasteiger partial charge in [0.15, 0.2) is 5.96 Å². The van der Waals surface area contributed by atoms with Crippen LogP contribution in [0.25, 0.3) is 0 Å². The molecule has 0 atom stereocenters. The fourth-order valence-electron chi connectivity index (χ4n) is 2.26. The molecule has 7 heteroatoms. The molecular weight excluding hydrogens is 460 g/mol. The Kier molecular flexibility index (Phi) is 11.4. The summed E-state index contributed by atoms with van der Waals surface area (Å²) in [5.41, 5.74) is 1.83. The number of anilines is 1. The van der Waals surface area contributed by atoms with Gasteiger partial charge in [0, 0.05) is 38.4 Å². The standard InChI is InChI=1S/C20H26FN3O2.HI/c1-3-22-20(23-15-16-8-10-17(21)11-9-16)24-18-6-4-7-19(14-18)26-13-5-12-25-2;/h4,6-11,14H,3,5,12-13,15H2,1-2H3,(H2,22,23,24);1H. The highest BCUT2D eigenvalue weighted by Gasteiger charge is 2.02. The van der Waals surface area contributed by atoms with Crippen LogP contribution in [-0.4, -0.2) is 32.8 Å². The first-order chi connectivity index (χ1) is 12.7. The van der Waals surface area contributed by atoms with Gasteiger partial charge in [-0.25, -0.2) is 9.38 Å². The number of benzene rings is 2. The summed E-state index contributed by atoms with van der Waals surface area (Å²) in [7, 11) is 1.68. The van der Waals surface area contributed by atoms with Gasteiger partial charge in [-0.05, 0) is 36.8 Å². The Hall–Kier alpha value is -1.87. The molecule has 2 rings (SSSR count). The fourth-order valence-corrected chi connectivity index (χ4v) is 2.26. The van der Waals surface area contributed by atoms with Crippen LogP contribution < -0.4 is 15.4 Å². The summed E-state index contributed by atoms with van der Waals surface area (Å²) < 4.78 is 23.7. The molecule has 5 nitrogen and oxygen atoms in total. The van der Waals surface area contributed by atoms with Gasteiger partial charge in [-0.3, -0.25) is 0 Å². The number of ether oxygens (including phenoxy) is 2. The first kappa shape index (κ1) is 23.2. The lowest BCUT2D eigenvalue weighted by Gasteiger charge is -2.13. The van der Waals surface area contributed by atoms with Crippen LogP contribution in [0.1, 0.15) is 18.9 Å². The van der Waals surface area contributed by atoms with Crippen LogP contribution in [-0.2, 0) is 11.3 Å². The second-order valence-electron chi connectivity index (χ2n) is 5.67. The van der Waals surface area contributed by atoms with Crippen LogP contribution >= 0.6 is 24.0 Å². The molecule has 0 heterocycles. The number of hydrogen-bond acceptors (Lipinski definition) is 3. The maximum atomic E-state index is 13.0. The third-order valence-corrected chi connectivity index (χ3v) is 3.54. The molecule has 0 aromatic heterocycles. The quantitative estimate of drug-likeness (QED) is 0.238. The van der Waals surface area contributed by atoms with E-state index in [0.717, 1.165) is 30.0 Å². The second-order valence-corrected chi connectivity index (χ2v) is 5.67. The highest BCUT2D eigenvalue weighted by atomic mass is 127. The summed E-state index contributed by atoms with van der Waals surface area (Å²) in [6.07, 6.45) is 0.843. The van der Waals surface area contributed by atoms with Crippen molar-refractivity contribution in [3.8, 4) is 5.75 Å². The van der Waals surface area contributed by atoms with Crippen molar-refractivity contribution in [2.75, 3.05) is 32.2 Å². The van der Waals surface area contributed by atoms with E-state index in [4.69, 9.17) is 9.47 Å². The normalized spacial score (nSPS) is 10.9. The second kappa shape index (κ2) is 13.3. The highest BCUT2D eigenvalue weighted by molar-refractivity contribution is 14.0. The molecule has 0 saturated carbocycles. The van der Waals surface area contributed by atoms with E-state index in [-0.39, 0.29) is 29.8 Å². The van der Waals surface area contributed by atoms with Gasteiger partial charge in [-0.15, -0.1) is 24.0 Å². The van der Waals surface area contributed by atoms with Crippen LogP contribution in [0.2, 0.25) is 0 Å². The van der Waals surface area contributed by atoms with Crippen molar-refractivity contribution in [2.45, 2.75) is 19.9 Å². The van der Waals surface area contributed by atoms with Crippen molar-refractivity contribution in [1.29, 1.82) is 0 Å². The minimum absolute atomic E-state index is 0. The molecular formula is C20H27FIN3O2. The summed E-state index contributed by atoms with van der Waals surface area (Å²) >= 11 is 0. The average Bonchev–Trinajstić information content (AvgIpc) is 2.65. The summed E-state index contributed by atoms with van der Waals surface area (Å²) in [5, 5.41) is 6.46. The van der Waals surface area contributed by atoms with Gasteiger partial charge in [0.1, 0.15) is 11.6 Å². The monoisotopic (exact) mass is 487 g/mol. The van der Waals surface area contributed by atoms with E-state index >= 15 is 0 Å². The van der Waals surface area contributed by atoms with E-state index in [1.54, 1.807) is 19.2 Å². The Morgan fingerprint density at radius 2 is 1.89 bits per heavy atom. The molecule has 0 radical (unpaired) electrons. The summed E-state index contributed by atoms with van der Waals surface area (Å²) in [6, 6.07) is 14.1. The van der Waals surface area contributed by atoms with Gasteiger partial charge in [-0.1, -0.05) is 18.2 Å². The molecule has 27 heavy (non-hydrogen) atoms. The number of nitrogens with one attached hydrogen (secondary N) is 2. The molecule has 0 aliphatic rings. The molecule has 148 valence electrons. The van der Waals surface area contributed by atoms with Crippen molar-refractivity contribution >= 4 is 35.6 Å². The van der Waals surface area contributed by atoms with Gasteiger partial charge in [-0.2, -0.15) is 0 Å². The van der Waals surface area contributed by atoms with Crippen LogP contribution in [0.15, 0.2) is 53.5 Å². The SMILES string of the molecule is CCNC(=NCc1ccc(F)cc1)Nc1cccc(OCCCOC)c1.I. The van der Waals surface area contributed by atoms with Crippen molar-refractivity contribution < 1.29 is 13.9 Å². The predicted octanol–water partition coefficient (Wildman–Crippen LogP) is 4.44. The Bertz CT molecular complexity index is 696. The molecule has 0 bridgehead atoms. The minimum Gasteiger partial charge on any atom is -0.493 e. The number of guanidine groups is 1. The number of methoxy groups -OCH3 is 1. The first-order valence-electron chi connectivity index (χ1n) is 8.73. The zero-order valence-electron chi connectivity index (χ0n) is 15.7. The molecule has 0 amide bonds. The largest absolute Gasteiger partial charge is 0.493 e. The smallest absolute Gasteiger partial charge is 0.196 e. The molecule has 0 aliphatic heterocycles. The molecule has 0 aliphatic carbocycles. The van der Waals surface area contributed by atoms with E-state index < -0.39 is 0 Å². The Morgan fingerprint density at radius 3 is 2.59 bits per heavy atom. The van der Waals surface area contributed by atoms with Crippen LogP contribution in [0.3, 0.4) is 0 Å².